The van der Waals surface area contributed by atoms with E-state index < -0.39 is 18.3 Å². The Hall–Kier alpha value is -0.0900. The third-order valence-electron chi connectivity index (χ3n) is 0.767. The van der Waals surface area contributed by atoms with E-state index in [-0.39, 0.29) is 12.8 Å². The molecule has 0 aliphatic carbocycles. The highest BCUT2D eigenvalue weighted by atomic mass is 35.9. The number of carboxylic acid groups (broad SMARTS) is 1. The molecule has 0 fully saturated rings. The standard InChI is InChI=1S/C4H6Cl2NO4P/c5-12(6,7)11-4(10)2-1-3(8)9/h1-2,7H2/p+1. The fraction of sp³-hybridized carbons (Fsp3) is 0.500. The molecule has 0 aliphatic rings. The van der Waals surface area contributed by atoms with E-state index in [0.717, 1.165) is 0 Å². The second-order valence-electron chi connectivity index (χ2n) is 1.86. The maximum Gasteiger partial charge on any atom is 0.459 e. The highest BCUT2D eigenvalue weighted by Crippen LogP contribution is 2.62. The van der Waals surface area contributed by atoms with Crippen LogP contribution in [0, 0.1) is 0 Å². The smallest absolute Gasteiger partial charge is 0.459 e. The van der Waals surface area contributed by atoms with E-state index in [1.165, 1.54) is 0 Å². The van der Waals surface area contributed by atoms with Crippen molar-refractivity contribution in [1.29, 1.82) is 0 Å². The molecule has 5 nitrogen and oxygen atoms in total. The molecule has 0 aromatic rings. The van der Waals surface area contributed by atoms with Gasteiger partial charge in [0, 0.05) is 0 Å². The quantitative estimate of drug-likeness (QED) is 0.720. The summed E-state index contributed by atoms with van der Waals surface area (Å²) in [5.41, 5.74) is 4.99. The lowest BCUT2D eigenvalue weighted by molar-refractivity contribution is -0.141. The molecule has 0 aliphatic heterocycles. The molecule has 0 spiro atoms. The summed E-state index contributed by atoms with van der Waals surface area (Å²) in [5.74, 6) is -1.91. The van der Waals surface area contributed by atoms with Gasteiger partial charge in [0.05, 0.1) is 12.8 Å². The van der Waals surface area contributed by atoms with E-state index in [1.54, 1.807) is 0 Å². The molecule has 8 heteroatoms. The summed E-state index contributed by atoms with van der Waals surface area (Å²) < 4.78 is 4.31. The van der Waals surface area contributed by atoms with Gasteiger partial charge in [-0.25, -0.2) is 4.79 Å². The molecule has 0 heterocycles. The number of halogens is 2. The van der Waals surface area contributed by atoms with E-state index >= 15 is 0 Å². The highest BCUT2D eigenvalue weighted by molar-refractivity contribution is 8.12. The van der Waals surface area contributed by atoms with Crippen LogP contribution in [-0.4, -0.2) is 17.0 Å². The number of hydrogen-bond donors (Lipinski definition) is 2. The van der Waals surface area contributed by atoms with Gasteiger partial charge in [0.15, 0.2) is 22.5 Å². The van der Waals surface area contributed by atoms with Crippen molar-refractivity contribution < 1.29 is 19.2 Å². The second kappa shape index (κ2) is 4.82. The highest BCUT2D eigenvalue weighted by Gasteiger charge is 2.35. The molecule has 0 radical (unpaired) electrons. The van der Waals surface area contributed by atoms with Gasteiger partial charge >= 0.3 is 18.3 Å². The Bertz CT molecular complexity index is 192. The number of aliphatic carboxylic acids is 1. The minimum atomic E-state index is -3.13. The minimum absolute atomic E-state index is 0.284. The summed E-state index contributed by atoms with van der Waals surface area (Å²) in [6, 6.07) is 0. The van der Waals surface area contributed by atoms with Crippen molar-refractivity contribution >= 4 is 40.8 Å². The molecule has 0 amide bonds. The second-order valence-corrected chi connectivity index (χ2v) is 6.58. The molecule has 12 heavy (non-hydrogen) atoms. The molecule has 0 bridgehead atoms. The number of hydrogen-bond acceptors (Lipinski definition) is 4. The average molecular weight is 235 g/mol. The molecular weight excluding hydrogens is 228 g/mol. The van der Waals surface area contributed by atoms with Crippen LogP contribution in [0.1, 0.15) is 12.8 Å². The normalized spacial score (nSPS) is 10.9. The van der Waals surface area contributed by atoms with Crippen molar-refractivity contribution in [2.24, 2.45) is 5.50 Å². The van der Waals surface area contributed by atoms with Crippen LogP contribution in [-0.2, 0) is 14.1 Å². The Morgan fingerprint density at radius 3 is 2.25 bits per heavy atom. The maximum atomic E-state index is 10.7. The minimum Gasteiger partial charge on any atom is -0.481 e. The van der Waals surface area contributed by atoms with Crippen molar-refractivity contribution in [3.05, 3.63) is 0 Å². The molecule has 0 atom stereocenters. The number of rotatable bonds is 4. The van der Waals surface area contributed by atoms with Gasteiger partial charge in [-0.2, -0.15) is 0 Å². The number of nitrogens with two attached hydrogens (primary N) is 1. The molecule has 0 rings (SSSR count). The van der Waals surface area contributed by atoms with Crippen LogP contribution in [0.25, 0.3) is 0 Å². The molecule has 0 saturated heterocycles. The molecular formula is C4H7Cl2NO4P+. The van der Waals surface area contributed by atoms with Crippen LogP contribution in [0.5, 0.6) is 0 Å². The summed E-state index contributed by atoms with van der Waals surface area (Å²) in [7, 11) is 0. The zero-order valence-corrected chi connectivity index (χ0v) is 8.27. The molecule has 0 unspecified atom stereocenters. The number of carboxylic acids is 1. The first-order valence-corrected chi connectivity index (χ1v) is 6.41. The monoisotopic (exact) mass is 234 g/mol. The van der Waals surface area contributed by atoms with Crippen LogP contribution < -0.4 is 5.50 Å². The first kappa shape index (κ1) is 11.9. The zero-order valence-electron chi connectivity index (χ0n) is 5.87. The first-order valence-electron chi connectivity index (χ1n) is 2.82. The van der Waals surface area contributed by atoms with Gasteiger partial charge in [0.2, 0.25) is 0 Å². The number of carbonyl (C=O) groups excluding carboxylic acids is 1. The number of carbonyl (C=O) groups is 2. The third-order valence-corrected chi connectivity index (χ3v) is 1.63. The predicted octanol–water partition coefficient (Wildman–Crippen LogP) is 1.51. The molecule has 0 saturated carbocycles. The Morgan fingerprint density at radius 2 is 1.92 bits per heavy atom. The van der Waals surface area contributed by atoms with Crippen LogP contribution >= 0.6 is 28.8 Å². The largest absolute Gasteiger partial charge is 0.481 e. The fourth-order valence-corrected chi connectivity index (χ4v) is 1.21. The topological polar surface area (TPSA) is 89.6 Å². The Labute approximate surface area is 78.8 Å². The van der Waals surface area contributed by atoms with Crippen molar-refractivity contribution in [3.63, 3.8) is 0 Å². The Balaban J connectivity index is 3.68. The van der Waals surface area contributed by atoms with Crippen LogP contribution in [0.3, 0.4) is 0 Å². The van der Waals surface area contributed by atoms with Crippen LogP contribution in [0.4, 0.5) is 0 Å². The first-order chi connectivity index (χ1) is 5.31. The third kappa shape index (κ3) is 8.01. The van der Waals surface area contributed by atoms with Gasteiger partial charge in [0.1, 0.15) is 0 Å². The van der Waals surface area contributed by atoms with Gasteiger partial charge in [-0.3, -0.25) is 9.32 Å². The van der Waals surface area contributed by atoms with Crippen LogP contribution in [0.2, 0.25) is 0 Å². The van der Waals surface area contributed by atoms with Crippen molar-refractivity contribution in [3.8, 4) is 0 Å². The van der Waals surface area contributed by atoms with E-state index in [2.05, 4.69) is 4.52 Å². The van der Waals surface area contributed by atoms with Crippen molar-refractivity contribution in [2.45, 2.75) is 12.8 Å². The van der Waals surface area contributed by atoms with Gasteiger partial charge in [-0.05, 0) is 0 Å². The van der Waals surface area contributed by atoms with Crippen molar-refractivity contribution in [2.75, 3.05) is 0 Å². The Morgan fingerprint density at radius 1 is 1.42 bits per heavy atom. The lowest BCUT2D eigenvalue weighted by Gasteiger charge is -2.00. The van der Waals surface area contributed by atoms with Gasteiger partial charge in [-0.15, -0.1) is 5.50 Å². The average Bonchev–Trinajstić information content (AvgIpc) is 1.79. The zero-order chi connectivity index (χ0) is 9.78. The van der Waals surface area contributed by atoms with E-state index in [9.17, 15) is 9.59 Å². The SMILES string of the molecule is N[P+](Cl)(Cl)OC(=O)CCC(=O)O. The Kier molecular flexibility index (Phi) is 4.78. The predicted molar refractivity (Wildman–Crippen MR) is 45.8 cm³/mol. The summed E-state index contributed by atoms with van der Waals surface area (Å²) >= 11 is 10.4. The summed E-state index contributed by atoms with van der Waals surface area (Å²) in [6.45, 7) is 0. The van der Waals surface area contributed by atoms with E-state index in [4.69, 9.17) is 33.1 Å². The van der Waals surface area contributed by atoms with Gasteiger partial charge < -0.3 is 5.11 Å². The molecule has 0 aromatic carbocycles. The van der Waals surface area contributed by atoms with Crippen LogP contribution in [0.15, 0.2) is 0 Å². The summed E-state index contributed by atoms with van der Waals surface area (Å²) in [4.78, 5) is 20.6. The molecule has 70 valence electrons. The molecule has 3 N–H and O–H groups in total. The van der Waals surface area contributed by atoms with Gasteiger partial charge in [-0.1, -0.05) is 0 Å². The van der Waals surface area contributed by atoms with Crippen molar-refractivity contribution in [1.82, 2.24) is 0 Å². The van der Waals surface area contributed by atoms with E-state index in [1.807, 2.05) is 0 Å². The van der Waals surface area contributed by atoms with Gasteiger partial charge in [0.25, 0.3) is 0 Å². The summed E-state index contributed by atoms with van der Waals surface area (Å²) in [6.07, 6.45) is -3.74. The lowest BCUT2D eigenvalue weighted by atomic mass is 10.3. The van der Waals surface area contributed by atoms with E-state index in [0.29, 0.717) is 0 Å². The lowest BCUT2D eigenvalue weighted by Crippen LogP contribution is -2.08. The molecule has 0 aromatic heterocycles. The maximum absolute atomic E-state index is 10.7. The summed E-state index contributed by atoms with van der Waals surface area (Å²) in [5, 5.41) is 8.16. The fourth-order valence-electron chi connectivity index (χ4n) is 0.390.